The highest BCUT2D eigenvalue weighted by molar-refractivity contribution is 5.56. The molecule has 0 heterocycles. The van der Waals surface area contributed by atoms with E-state index in [-0.39, 0.29) is 5.82 Å². The first-order chi connectivity index (χ1) is 8.71. The van der Waals surface area contributed by atoms with E-state index in [9.17, 15) is 4.39 Å². The Morgan fingerprint density at radius 2 is 2.11 bits per heavy atom. The maximum Gasteiger partial charge on any atom is 0.144 e. The number of nitrogens with one attached hydrogen (secondary N) is 1. The molecule has 102 valence electrons. The van der Waals surface area contributed by atoms with Crippen molar-refractivity contribution >= 4 is 5.69 Å². The molecule has 1 rings (SSSR count). The topological polar surface area (TPSA) is 21.3 Å². The van der Waals surface area contributed by atoms with Gasteiger partial charge in [0.15, 0.2) is 0 Å². The van der Waals surface area contributed by atoms with Crippen LogP contribution in [0.2, 0.25) is 0 Å². The molecule has 1 N–H and O–H groups in total. The summed E-state index contributed by atoms with van der Waals surface area (Å²) in [6.07, 6.45) is 4.90. The van der Waals surface area contributed by atoms with Crippen molar-refractivity contribution in [2.24, 2.45) is 5.92 Å². The highest BCUT2D eigenvalue weighted by atomic mass is 19.1. The minimum Gasteiger partial charge on any atom is -0.494 e. The molecule has 0 fully saturated rings. The summed E-state index contributed by atoms with van der Waals surface area (Å²) in [7, 11) is 1.56. The zero-order valence-corrected chi connectivity index (χ0v) is 11.6. The molecule has 0 saturated carbocycles. The first kappa shape index (κ1) is 14.8. The first-order valence-electron chi connectivity index (χ1n) is 6.78. The molecule has 0 aliphatic heterocycles. The van der Waals surface area contributed by atoms with Crippen LogP contribution in [0.1, 0.15) is 39.5 Å². The van der Waals surface area contributed by atoms with Crippen LogP contribution in [0.3, 0.4) is 0 Å². The Kier molecular flexibility index (Phi) is 6.55. The Bertz CT molecular complexity index is 354. The van der Waals surface area contributed by atoms with Crippen molar-refractivity contribution in [3.05, 3.63) is 24.0 Å². The van der Waals surface area contributed by atoms with Gasteiger partial charge < -0.3 is 10.1 Å². The Hall–Kier alpha value is -1.25. The minimum absolute atomic E-state index is 0.268. The van der Waals surface area contributed by atoms with Crippen LogP contribution < -0.4 is 10.1 Å². The number of rotatable bonds is 8. The Balaban J connectivity index is 2.56. The van der Waals surface area contributed by atoms with E-state index >= 15 is 0 Å². The third-order valence-electron chi connectivity index (χ3n) is 3.29. The van der Waals surface area contributed by atoms with Gasteiger partial charge in [0.1, 0.15) is 11.6 Å². The third kappa shape index (κ3) is 4.55. The first-order valence-corrected chi connectivity index (χ1v) is 6.78. The summed E-state index contributed by atoms with van der Waals surface area (Å²) in [4.78, 5) is 0. The van der Waals surface area contributed by atoms with Crippen molar-refractivity contribution in [2.75, 3.05) is 19.0 Å². The largest absolute Gasteiger partial charge is 0.494 e. The lowest BCUT2D eigenvalue weighted by molar-refractivity contribution is 0.411. The van der Waals surface area contributed by atoms with Gasteiger partial charge in [-0.25, -0.2) is 4.39 Å². The maximum atomic E-state index is 13.1. The zero-order chi connectivity index (χ0) is 13.4. The van der Waals surface area contributed by atoms with Gasteiger partial charge in [0.05, 0.1) is 12.8 Å². The molecule has 0 amide bonds. The second-order valence-corrected chi connectivity index (χ2v) is 4.64. The summed E-state index contributed by atoms with van der Waals surface area (Å²) >= 11 is 0. The second-order valence-electron chi connectivity index (χ2n) is 4.64. The van der Waals surface area contributed by atoms with Gasteiger partial charge in [0, 0.05) is 12.6 Å². The van der Waals surface area contributed by atoms with Crippen molar-refractivity contribution in [3.8, 4) is 5.75 Å². The number of halogens is 1. The monoisotopic (exact) mass is 253 g/mol. The number of anilines is 1. The smallest absolute Gasteiger partial charge is 0.144 e. The second kappa shape index (κ2) is 7.96. The fraction of sp³-hybridized carbons (Fsp3) is 0.600. The predicted molar refractivity (Wildman–Crippen MR) is 74.7 cm³/mol. The molecule has 1 aromatic carbocycles. The molecule has 0 aliphatic carbocycles. The highest BCUT2D eigenvalue weighted by Crippen LogP contribution is 2.25. The molecule has 1 aromatic rings. The standard InChI is InChI=1S/C15H24FNO/c1-4-6-7-12(5-2)11-17-14-9-8-13(16)10-15(14)18-3/h8-10,12,17H,4-7,11H2,1-3H3. The third-order valence-corrected chi connectivity index (χ3v) is 3.29. The maximum absolute atomic E-state index is 13.1. The molecular weight excluding hydrogens is 229 g/mol. The Labute approximate surface area is 110 Å². The molecule has 0 saturated heterocycles. The van der Waals surface area contributed by atoms with Crippen LogP contribution in [0.25, 0.3) is 0 Å². The molecule has 3 heteroatoms. The van der Waals surface area contributed by atoms with Crippen molar-refractivity contribution in [2.45, 2.75) is 39.5 Å². The number of benzene rings is 1. The molecule has 0 radical (unpaired) electrons. The number of hydrogen-bond acceptors (Lipinski definition) is 2. The van der Waals surface area contributed by atoms with Gasteiger partial charge in [0.2, 0.25) is 0 Å². The predicted octanol–water partition coefficient (Wildman–Crippen LogP) is 4.46. The molecule has 0 aromatic heterocycles. The van der Waals surface area contributed by atoms with Crippen molar-refractivity contribution < 1.29 is 9.13 Å². The van der Waals surface area contributed by atoms with Crippen molar-refractivity contribution in [1.29, 1.82) is 0 Å². The summed E-state index contributed by atoms with van der Waals surface area (Å²) < 4.78 is 18.2. The summed E-state index contributed by atoms with van der Waals surface area (Å²) in [5.74, 6) is 0.968. The summed E-state index contributed by atoms with van der Waals surface area (Å²) in [6.45, 7) is 5.34. The van der Waals surface area contributed by atoms with Crippen LogP contribution in [-0.4, -0.2) is 13.7 Å². The molecule has 0 aliphatic rings. The van der Waals surface area contributed by atoms with Crippen LogP contribution in [0.5, 0.6) is 5.75 Å². The number of unbranched alkanes of at least 4 members (excludes halogenated alkanes) is 1. The van der Waals surface area contributed by atoms with E-state index in [1.807, 2.05) is 0 Å². The van der Waals surface area contributed by atoms with Crippen molar-refractivity contribution in [1.82, 2.24) is 0 Å². The van der Waals surface area contributed by atoms with Crippen LogP contribution in [0.4, 0.5) is 10.1 Å². The Morgan fingerprint density at radius 3 is 2.72 bits per heavy atom. The minimum atomic E-state index is -0.268. The van der Waals surface area contributed by atoms with Crippen molar-refractivity contribution in [3.63, 3.8) is 0 Å². The molecule has 18 heavy (non-hydrogen) atoms. The van der Waals surface area contributed by atoms with Gasteiger partial charge in [-0.2, -0.15) is 0 Å². The lowest BCUT2D eigenvalue weighted by atomic mass is 9.99. The van der Waals surface area contributed by atoms with Gasteiger partial charge in [0.25, 0.3) is 0 Å². The zero-order valence-electron chi connectivity index (χ0n) is 11.6. The summed E-state index contributed by atoms with van der Waals surface area (Å²) in [5.41, 5.74) is 0.869. The van der Waals surface area contributed by atoms with Gasteiger partial charge in [-0.15, -0.1) is 0 Å². The Morgan fingerprint density at radius 1 is 1.33 bits per heavy atom. The molecule has 1 atom stereocenters. The van der Waals surface area contributed by atoms with Crippen LogP contribution in [0, 0.1) is 11.7 Å². The fourth-order valence-electron chi connectivity index (χ4n) is 2.01. The van der Waals surface area contributed by atoms with E-state index in [4.69, 9.17) is 4.74 Å². The van der Waals surface area contributed by atoms with E-state index in [1.165, 1.54) is 31.4 Å². The summed E-state index contributed by atoms with van der Waals surface area (Å²) in [5, 5.41) is 3.36. The normalized spacial score (nSPS) is 12.2. The van der Waals surface area contributed by atoms with E-state index in [0.717, 1.165) is 18.7 Å². The number of ether oxygens (including phenoxy) is 1. The van der Waals surface area contributed by atoms with Gasteiger partial charge in [-0.05, 0) is 24.5 Å². The van der Waals surface area contributed by atoms with Crippen LogP contribution in [0.15, 0.2) is 18.2 Å². The van der Waals surface area contributed by atoms with E-state index in [0.29, 0.717) is 11.7 Å². The quantitative estimate of drug-likeness (QED) is 0.738. The van der Waals surface area contributed by atoms with Gasteiger partial charge >= 0.3 is 0 Å². The average Bonchev–Trinajstić information content (AvgIpc) is 2.40. The number of methoxy groups -OCH3 is 1. The molecular formula is C15H24FNO. The van der Waals surface area contributed by atoms with Gasteiger partial charge in [-0.1, -0.05) is 33.1 Å². The van der Waals surface area contributed by atoms with E-state index < -0.39 is 0 Å². The van der Waals surface area contributed by atoms with Crippen LogP contribution in [-0.2, 0) is 0 Å². The average molecular weight is 253 g/mol. The van der Waals surface area contributed by atoms with E-state index in [2.05, 4.69) is 19.2 Å². The number of hydrogen-bond donors (Lipinski definition) is 1. The van der Waals surface area contributed by atoms with E-state index in [1.54, 1.807) is 13.2 Å². The van der Waals surface area contributed by atoms with Crippen LogP contribution >= 0.6 is 0 Å². The lowest BCUT2D eigenvalue weighted by Gasteiger charge is -2.17. The molecule has 2 nitrogen and oxygen atoms in total. The lowest BCUT2D eigenvalue weighted by Crippen LogP contribution is -2.14. The SMILES string of the molecule is CCCCC(CC)CNc1ccc(F)cc1OC. The fourth-order valence-corrected chi connectivity index (χ4v) is 2.01. The molecule has 0 spiro atoms. The highest BCUT2D eigenvalue weighted by Gasteiger charge is 2.08. The molecule has 0 bridgehead atoms. The molecule has 1 unspecified atom stereocenters. The summed E-state index contributed by atoms with van der Waals surface area (Å²) in [6, 6.07) is 4.61. The van der Waals surface area contributed by atoms with Gasteiger partial charge in [-0.3, -0.25) is 0 Å².